The van der Waals surface area contributed by atoms with Crippen LogP contribution < -0.4 is 0 Å². The lowest BCUT2D eigenvalue weighted by molar-refractivity contribution is 0.0393. The minimum absolute atomic E-state index is 0.217. The monoisotopic (exact) mass is 197 g/mol. The number of aliphatic hydroxyl groups excluding tert-OH is 1. The quantitative estimate of drug-likeness (QED) is 0.737. The first-order valence-corrected chi connectivity index (χ1v) is 4.89. The number of β-amino-alcohol motifs (C(OH)–C–C–N with tert-alkyl or cyclic N) is 1. The maximum atomic E-state index is 9.57. The van der Waals surface area contributed by atoms with E-state index in [0.717, 1.165) is 13.0 Å². The summed E-state index contributed by atoms with van der Waals surface area (Å²) in [6.45, 7) is 4.51. The molecular formula is C9H15N3O2. The van der Waals surface area contributed by atoms with Crippen molar-refractivity contribution >= 4 is 0 Å². The summed E-state index contributed by atoms with van der Waals surface area (Å²) in [5, 5.41) is 13.3. The topological polar surface area (TPSA) is 62.4 Å². The van der Waals surface area contributed by atoms with Gasteiger partial charge in [0.2, 0.25) is 6.39 Å². The van der Waals surface area contributed by atoms with E-state index in [1.54, 1.807) is 0 Å². The van der Waals surface area contributed by atoms with Crippen molar-refractivity contribution in [2.24, 2.45) is 5.92 Å². The number of aliphatic hydroxyl groups is 1. The molecule has 1 aromatic heterocycles. The Morgan fingerprint density at radius 2 is 2.50 bits per heavy atom. The van der Waals surface area contributed by atoms with Crippen molar-refractivity contribution in [1.29, 1.82) is 0 Å². The van der Waals surface area contributed by atoms with E-state index < -0.39 is 0 Å². The van der Waals surface area contributed by atoms with Crippen molar-refractivity contribution in [3.63, 3.8) is 0 Å². The Hall–Kier alpha value is -0.940. The zero-order valence-electron chi connectivity index (χ0n) is 8.26. The van der Waals surface area contributed by atoms with Gasteiger partial charge >= 0.3 is 0 Å². The van der Waals surface area contributed by atoms with Crippen LogP contribution in [0.15, 0.2) is 10.9 Å². The smallest absolute Gasteiger partial charge is 0.213 e. The summed E-state index contributed by atoms with van der Waals surface area (Å²) in [4.78, 5) is 6.12. The van der Waals surface area contributed by atoms with Crippen LogP contribution in [0.2, 0.25) is 0 Å². The molecule has 1 aliphatic rings. The van der Waals surface area contributed by atoms with Gasteiger partial charge in [-0.15, -0.1) is 0 Å². The number of hydrogen-bond donors (Lipinski definition) is 1. The Labute approximate surface area is 82.7 Å². The zero-order chi connectivity index (χ0) is 9.97. The Kier molecular flexibility index (Phi) is 2.79. The lowest BCUT2D eigenvalue weighted by Gasteiger charge is -2.33. The molecule has 0 spiro atoms. The van der Waals surface area contributed by atoms with Crippen molar-refractivity contribution in [3.05, 3.63) is 12.2 Å². The second kappa shape index (κ2) is 4.06. The number of nitrogens with zero attached hydrogens (tertiary/aromatic N) is 3. The highest BCUT2D eigenvalue weighted by Gasteiger charge is 2.23. The van der Waals surface area contributed by atoms with Gasteiger partial charge in [-0.05, 0) is 12.3 Å². The highest BCUT2D eigenvalue weighted by molar-refractivity contribution is 4.83. The Balaban J connectivity index is 1.91. The molecule has 0 bridgehead atoms. The molecule has 78 valence electrons. The van der Waals surface area contributed by atoms with Crippen molar-refractivity contribution in [2.45, 2.75) is 26.0 Å². The van der Waals surface area contributed by atoms with E-state index in [1.165, 1.54) is 6.39 Å². The van der Waals surface area contributed by atoms with Gasteiger partial charge in [0.15, 0.2) is 5.82 Å². The Morgan fingerprint density at radius 1 is 1.64 bits per heavy atom. The molecule has 5 heteroatoms. The molecule has 0 amide bonds. The summed E-state index contributed by atoms with van der Waals surface area (Å²) in [6.07, 6.45) is 2.01. The van der Waals surface area contributed by atoms with Crippen molar-refractivity contribution in [3.8, 4) is 0 Å². The average Bonchev–Trinajstić information content (AvgIpc) is 2.54. The van der Waals surface area contributed by atoms with Crippen LogP contribution in [0.1, 0.15) is 19.2 Å². The fourth-order valence-corrected chi connectivity index (χ4v) is 2.02. The van der Waals surface area contributed by atoms with Gasteiger partial charge in [0.25, 0.3) is 0 Å². The second-order valence-corrected chi connectivity index (χ2v) is 4.04. The first-order chi connectivity index (χ1) is 6.74. The third-order valence-corrected chi connectivity index (χ3v) is 2.49. The number of rotatable bonds is 2. The van der Waals surface area contributed by atoms with Gasteiger partial charge in [0, 0.05) is 13.1 Å². The van der Waals surface area contributed by atoms with E-state index in [1.807, 2.05) is 0 Å². The van der Waals surface area contributed by atoms with E-state index >= 15 is 0 Å². The lowest BCUT2D eigenvalue weighted by Crippen LogP contribution is -2.41. The van der Waals surface area contributed by atoms with Crippen LogP contribution in [0, 0.1) is 5.92 Å². The maximum absolute atomic E-state index is 9.57. The molecule has 2 heterocycles. The van der Waals surface area contributed by atoms with Crippen LogP contribution in [-0.2, 0) is 6.54 Å². The van der Waals surface area contributed by atoms with E-state index in [4.69, 9.17) is 0 Å². The average molecular weight is 197 g/mol. The fourth-order valence-electron chi connectivity index (χ4n) is 2.02. The van der Waals surface area contributed by atoms with Gasteiger partial charge in [0.1, 0.15) is 0 Å². The number of piperidine rings is 1. The van der Waals surface area contributed by atoms with E-state index in [0.29, 0.717) is 24.8 Å². The summed E-state index contributed by atoms with van der Waals surface area (Å²) in [5.41, 5.74) is 0. The molecule has 0 aliphatic carbocycles. The van der Waals surface area contributed by atoms with Gasteiger partial charge in [0.05, 0.1) is 12.6 Å². The summed E-state index contributed by atoms with van der Waals surface area (Å²) < 4.78 is 4.66. The van der Waals surface area contributed by atoms with E-state index in [9.17, 15) is 5.11 Å². The summed E-state index contributed by atoms with van der Waals surface area (Å²) >= 11 is 0. The first-order valence-electron chi connectivity index (χ1n) is 4.89. The standard InChI is InChI=1S/C9H15N3O2/c1-7-2-8(13)4-12(3-7)5-9-10-6-14-11-9/h6-8,13H,2-5H2,1H3. The minimum Gasteiger partial charge on any atom is -0.392 e. The van der Waals surface area contributed by atoms with Crippen molar-refractivity contribution in [1.82, 2.24) is 15.0 Å². The van der Waals surface area contributed by atoms with Gasteiger partial charge < -0.3 is 9.63 Å². The molecule has 5 nitrogen and oxygen atoms in total. The molecule has 2 atom stereocenters. The van der Waals surface area contributed by atoms with Crippen LogP contribution >= 0.6 is 0 Å². The Bertz CT molecular complexity index is 266. The third-order valence-electron chi connectivity index (χ3n) is 2.49. The molecule has 1 N–H and O–H groups in total. The molecule has 0 aromatic carbocycles. The number of hydrogen-bond acceptors (Lipinski definition) is 5. The van der Waals surface area contributed by atoms with Gasteiger partial charge in [-0.25, -0.2) is 0 Å². The largest absolute Gasteiger partial charge is 0.392 e. The molecule has 2 unspecified atom stereocenters. The minimum atomic E-state index is -0.217. The predicted molar refractivity (Wildman–Crippen MR) is 49.4 cm³/mol. The molecule has 1 saturated heterocycles. The van der Waals surface area contributed by atoms with Gasteiger partial charge in [-0.1, -0.05) is 12.1 Å². The molecule has 1 fully saturated rings. The zero-order valence-corrected chi connectivity index (χ0v) is 8.26. The lowest BCUT2D eigenvalue weighted by atomic mass is 9.98. The molecule has 1 aromatic rings. The van der Waals surface area contributed by atoms with E-state index in [2.05, 4.69) is 26.5 Å². The molecule has 1 aliphatic heterocycles. The van der Waals surface area contributed by atoms with Crippen LogP contribution in [0.5, 0.6) is 0 Å². The normalized spacial score (nSPS) is 29.3. The molecule has 2 rings (SSSR count). The summed E-state index contributed by atoms with van der Waals surface area (Å²) in [7, 11) is 0. The van der Waals surface area contributed by atoms with Crippen LogP contribution in [0.25, 0.3) is 0 Å². The number of likely N-dealkylation sites (tertiary alicyclic amines) is 1. The maximum Gasteiger partial charge on any atom is 0.213 e. The SMILES string of the molecule is CC1CC(O)CN(Cc2ncon2)C1. The summed E-state index contributed by atoms with van der Waals surface area (Å²) in [5.74, 6) is 1.22. The van der Waals surface area contributed by atoms with Crippen LogP contribution in [-0.4, -0.2) is 39.3 Å². The van der Waals surface area contributed by atoms with Crippen molar-refractivity contribution in [2.75, 3.05) is 13.1 Å². The Morgan fingerprint density at radius 3 is 3.14 bits per heavy atom. The highest BCUT2D eigenvalue weighted by atomic mass is 16.5. The highest BCUT2D eigenvalue weighted by Crippen LogP contribution is 2.17. The van der Waals surface area contributed by atoms with Crippen LogP contribution in [0.3, 0.4) is 0 Å². The molecule has 0 radical (unpaired) electrons. The van der Waals surface area contributed by atoms with E-state index in [-0.39, 0.29) is 6.10 Å². The molecule has 14 heavy (non-hydrogen) atoms. The second-order valence-electron chi connectivity index (χ2n) is 4.04. The third kappa shape index (κ3) is 2.30. The van der Waals surface area contributed by atoms with Crippen LogP contribution in [0.4, 0.5) is 0 Å². The first kappa shape index (κ1) is 9.61. The fraction of sp³-hybridized carbons (Fsp3) is 0.778. The molecular weight excluding hydrogens is 182 g/mol. The molecule has 0 saturated carbocycles. The van der Waals surface area contributed by atoms with Gasteiger partial charge in [-0.2, -0.15) is 4.98 Å². The summed E-state index contributed by atoms with van der Waals surface area (Å²) in [6, 6.07) is 0. The number of aromatic nitrogens is 2. The van der Waals surface area contributed by atoms with Gasteiger partial charge in [-0.3, -0.25) is 4.90 Å². The van der Waals surface area contributed by atoms with Crippen molar-refractivity contribution < 1.29 is 9.63 Å². The predicted octanol–water partition coefficient (Wildman–Crippen LogP) is 0.272.